The van der Waals surface area contributed by atoms with E-state index in [1.807, 2.05) is 147 Å². The van der Waals surface area contributed by atoms with Crippen molar-refractivity contribution in [2.24, 2.45) is 9.98 Å². The highest BCUT2D eigenvalue weighted by atomic mass is 16.2. The first kappa shape index (κ1) is 57.3. The standard InChI is InChI=1S/C71H68N12O4/c1-82(2)36-34-74-70(86)50-20-12-46(13-21-50)66-78-58-30-28-54(40-64(58)80-66)52-24-26-56-42-60(76-62(56)38-52)44-8-16-48(17-9-44)68(84)72-32-6-5-7-33-73-69(85)49-18-10-45(11-19-49)61-43-57-27-25-53(39-63(57)77-61)55-29-31-59-65(41-55)81-67(79-59)47-14-22-51(23-15-47)71(87)75-35-37-83(3)4/h8-31,38-41H,5-7,32-37,42-43H2,1-4H3,(H,72,84)(H,73,85)(H,74,86)(H,75,87)(H,78,80)(H,79,81). The van der Waals surface area contributed by atoms with Gasteiger partial charge in [-0.05, 0) is 177 Å². The van der Waals surface area contributed by atoms with Crippen molar-refractivity contribution in [3.8, 4) is 45.0 Å². The molecule has 0 atom stereocenters. The second-order valence-electron chi connectivity index (χ2n) is 22.8. The zero-order chi connectivity index (χ0) is 60.0. The minimum atomic E-state index is -0.120. The molecule has 0 saturated heterocycles. The van der Waals surface area contributed by atoms with Crippen molar-refractivity contribution in [1.29, 1.82) is 0 Å². The van der Waals surface area contributed by atoms with Gasteiger partial charge in [0.15, 0.2) is 0 Å². The lowest BCUT2D eigenvalue weighted by molar-refractivity contribution is 0.0942. The van der Waals surface area contributed by atoms with E-state index >= 15 is 0 Å². The molecule has 10 aromatic rings. The fourth-order valence-corrected chi connectivity index (χ4v) is 10.9. The molecule has 2 aliphatic heterocycles. The molecule has 16 nitrogen and oxygen atoms in total. The zero-order valence-corrected chi connectivity index (χ0v) is 49.3. The number of rotatable bonds is 22. The van der Waals surface area contributed by atoms with Gasteiger partial charge in [0.2, 0.25) is 0 Å². The summed E-state index contributed by atoms with van der Waals surface area (Å²) < 4.78 is 0. The van der Waals surface area contributed by atoms with Crippen molar-refractivity contribution in [3.05, 3.63) is 214 Å². The van der Waals surface area contributed by atoms with Gasteiger partial charge < -0.3 is 41.0 Å². The monoisotopic (exact) mass is 1150 g/mol. The lowest BCUT2D eigenvalue weighted by atomic mass is 9.99. The molecule has 0 saturated carbocycles. The van der Waals surface area contributed by atoms with Crippen LogP contribution in [0.3, 0.4) is 0 Å². The average molecular weight is 1150 g/mol. The van der Waals surface area contributed by atoms with E-state index in [1.54, 1.807) is 0 Å². The van der Waals surface area contributed by atoms with E-state index in [2.05, 4.69) is 91.9 Å². The van der Waals surface area contributed by atoms with Crippen LogP contribution in [0.1, 0.15) is 82.9 Å². The van der Waals surface area contributed by atoms with E-state index < -0.39 is 0 Å². The van der Waals surface area contributed by atoms with Gasteiger partial charge in [-0.2, -0.15) is 0 Å². The number of nitrogens with zero attached hydrogens (tertiary/aromatic N) is 6. The van der Waals surface area contributed by atoms with E-state index in [-0.39, 0.29) is 23.6 Å². The second-order valence-corrected chi connectivity index (χ2v) is 22.8. The largest absolute Gasteiger partial charge is 0.352 e. The number of hydrogen-bond donors (Lipinski definition) is 6. The van der Waals surface area contributed by atoms with E-state index in [9.17, 15) is 19.2 Å². The highest BCUT2D eigenvalue weighted by Gasteiger charge is 2.21. The molecule has 0 spiro atoms. The normalized spacial score (nSPS) is 12.5. The number of amides is 4. The third kappa shape index (κ3) is 13.4. The smallest absolute Gasteiger partial charge is 0.251 e. The number of hydrogen-bond acceptors (Lipinski definition) is 10. The summed E-state index contributed by atoms with van der Waals surface area (Å²) in [6, 6.07) is 55.5. The summed E-state index contributed by atoms with van der Waals surface area (Å²) in [5.41, 5.74) is 20.0. The number of benzene rings is 8. The first-order chi connectivity index (χ1) is 42.3. The summed E-state index contributed by atoms with van der Waals surface area (Å²) in [6.07, 6.45) is 3.85. The van der Waals surface area contributed by atoms with Gasteiger partial charge in [0.05, 0.1) is 44.9 Å². The van der Waals surface area contributed by atoms with Crippen LogP contribution in [-0.2, 0) is 12.8 Å². The van der Waals surface area contributed by atoms with Crippen molar-refractivity contribution in [1.82, 2.24) is 51.0 Å². The Morgan fingerprint density at radius 3 is 1.07 bits per heavy atom. The number of aromatic nitrogens is 4. The molecular formula is C71H68N12O4. The molecular weight excluding hydrogens is 1080 g/mol. The van der Waals surface area contributed by atoms with Crippen LogP contribution in [0.25, 0.3) is 67.1 Å². The molecule has 87 heavy (non-hydrogen) atoms. The number of aliphatic imine (C=N–C) groups is 2. The Kier molecular flexibility index (Phi) is 16.8. The molecule has 4 amide bonds. The fraction of sp³-hybridized carbons (Fsp3) is 0.211. The molecule has 0 unspecified atom stereocenters. The van der Waals surface area contributed by atoms with Crippen LogP contribution in [-0.4, -0.2) is 132 Å². The Labute approximate surface area is 505 Å². The van der Waals surface area contributed by atoms with E-state index in [4.69, 9.17) is 20.0 Å². The van der Waals surface area contributed by atoms with Crippen LogP contribution >= 0.6 is 0 Å². The average Bonchev–Trinajstić information content (AvgIpc) is 2.22. The molecule has 8 aromatic carbocycles. The molecule has 16 heteroatoms. The van der Waals surface area contributed by atoms with Gasteiger partial charge in [0.25, 0.3) is 23.6 Å². The number of unbranched alkanes of at least 4 members (excludes halogenated alkanes) is 2. The highest BCUT2D eigenvalue weighted by molar-refractivity contribution is 6.09. The lowest BCUT2D eigenvalue weighted by Crippen LogP contribution is -2.31. The highest BCUT2D eigenvalue weighted by Crippen LogP contribution is 2.37. The number of aromatic amines is 2. The zero-order valence-electron chi connectivity index (χ0n) is 49.3. The Morgan fingerprint density at radius 2 is 0.701 bits per heavy atom. The number of nitrogens with one attached hydrogen (secondary N) is 6. The summed E-state index contributed by atoms with van der Waals surface area (Å²) >= 11 is 0. The van der Waals surface area contributed by atoms with Crippen LogP contribution in [0.15, 0.2) is 180 Å². The quantitative estimate of drug-likeness (QED) is 0.0359. The van der Waals surface area contributed by atoms with Crippen LogP contribution < -0.4 is 21.3 Å². The van der Waals surface area contributed by atoms with Crippen LogP contribution in [0.5, 0.6) is 0 Å². The Hall–Kier alpha value is -10.2. The SMILES string of the molecule is CN(C)CCNC(=O)c1ccc(-c2nc3ccc(-c4ccc5c(c4)N=C(c4ccc(C(=O)NCCCCCNC(=O)c6ccc(C7=Nc8cc(-c9ccc%10nc(-c%11ccc(C(=O)NCCN(C)C)cc%11)[nH]c%10c9)ccc8C7)cc6)cc4)C5)cc3[nH]2)cc1. The maximum Gasteiger partial charge on any atom is 0.251 e. The fourth-order valence-electron chi connectivity index (χ4n) is 10.9. The van der Waals surface area contributed by atoms with Crippen LogP contribution in [0.2, 0.25) is 0 Å². The number of H-pyrrole nitrogens is 2. The summed E-state index contributed by atoms with van der Waals surface area (Å²) in [6.45, 7) is 3.80. The summed E-state index contributed by atoms with van der Waals surface area (Å²) in [5.74, 6) is 1.05. The Morgan fingerprint density at radius 1 is 0.379 bits per heavy atom. The van der Waals surface area contributed by atoms with Crippen LogP contribution in [0.4, 0.5) is 11.4 Å². The minimum Gasteiger partial charge on any atom is -0.352 e. The third-order valence-electron chi connectivity index (χ3n) is 15.9. The molecule has 0 radical (unpaired) electrons. The lowest BCUT2D eigenvalue weighted by Gasteiger charge is -2.10. The maximum atomic E-state index is 13.1. The second kappa shape index (κ2) is 25.6. The maximum absolute atomic E-state index is 13.1. The molecule has 12 rings (SSSR count). The molecule has 0 aliphatic carbocycles. The van der Waals surface area contributed by atoms with Gasteiger partial charge in [0.1, 0.15) is 11.6 Å². The van der Waals surface area contributed by atoms with Gasteiger partial charge >= 0.3 is 0 Å². The predicted molar refractivity (Wildman–Crippen MR) is 347 cm³/mol. The van der Waals surface area contributed by atoms with E-state index in [0.717, 1.165) is 145 Å². The van der Waals surface area contributed by atoms with Crippen molar-refractivity contribution < 1.29 is 19.2 Å². The number of likely N-dealkylation sites (N-methyl/N-ethyl adjacent to an activating group) is 2. The molecule has 4 heterocycles. The minimum absolute atomic E-state index is 0.0952. The van der Waals surface area contributed by atoms with Gasteiger partial charge in [0, 0.05) is 85.5 Å². The number of carbonyl (C=O) groups is 4. The molecule has 0 bridgehead atoms. The number of fused-ring (bicyclic) bond motifs is 4. The van der Waals surface area contributed by atoms with Crippen molar-refractivity contribution in [3.63, 3.8) is 0 Å². The summed E-state index contributed by atoms with van der Waals surface area (Å²) in [7, 11) is 7.91. The van der Waals surface area contributed by atoms with E-state index in [0.29, 0.717) is 61.3 Å². The predicted octanol–water partition coefficient (Wildman–Crippen LogP) is 11.4. The first-order valence-corrected chi connectivity index (χ1v) is 29.6. The molecule has 0 fully saturated rings. The van der Waals surface area contributed by atoms with Crippen molar-refractivity contribution >= 4 is 68.5 Å². The molecule has 6 N–H and O–H groups in total. The van der Waals surface area contributed by atoms with Crippen molar-refractivity contribution in [2.45, 2.75) is 32.1 Å². The van der Waals surface area contributed by atoms with Gasteiger partial charge in [-0.25, -0.2) is 9.97 Å². The third-order valence-corrected chi connectivity index (χ3v) is 15.9. The van der Waals surface area contributed by atoms with Gasteiger partial charge in [-0.1, -0.05) is 84.9 Å². The Balaban J connectivity index is 0.568. The number of imidazole rings is 2. The summed E-state index contributed by atoms with van der Waals surface area (Å²) in [5, 5.41) is 12.0. The van der Waals surface area contributed by atoms with Gasteiger partial charge in [-0.15, -0.1) is 0 Å². The molecule has 2 aromatic heterocycles. The van der Waals surface area contributed by atoms with Crippen molar-refractivity contribution in [2.75, 3.05) is 67.5 Å². The number of carbonyl (C=O) groups excluding carboxylic acids is 4. The van der Waals surface area contributed by atoms with Gasteiger partial charge in [-0.3, -0.25) is 29.2 Å². The molecule has 436 valence electrons. The molecule has 2 aliphatic rings. The van der Waals surface area contributed by atoms with Crippen LogP contribution in [0, 0.1) is 0 Å². The summed E-state index contributed by atoms with van der Waals surface area (Å²) in [4.78, 5) is 82.1. The topological polar surface area (TPSA) is 205 Å². The first-order valence-electron chi connectivity index (χ1n) is 29.6. The Bertz CT molecular complexity index is 4000. The van der Waals surface area contributed by atoms with E-state index in [1.165, 1.54) is 0 Å².